The summed E-state index contributed by atoms with van der Waals surface area (Å²) in [5.41, 5.74) is 1.55. The molecule has 0 saturated heterocycles. The van der Waals surface area contributed by atoms with Crippen LogP contribution < -0.4 is 14.8 Å². The summed E-state index contributed by atoms with van der Waals surface area (Å²) < 4.78 is 9.02. The molecule has 16 heteroatoms. The molecule has 0 radical (unpaired) electrons. The summed E-state index contributed by atoms with van der Waals surface area (Å²) in [6.45, 7) is 0. The van der Waals surface area contributed by atoms with Crippen LogP contribution in [0.3, 0.4) is 0 Å². The average Bonchev–Trinajstić information content (AvgIpc) is 2.72. The molecular weight excluding hydrogens is 504 g/mol. The Bertz CT molecular complexity index is 1050. The Morgan fingerprint density at radius 2 is 1.80 bits per heavy atom. The third-order valence-corrected chi connectivity index (χ3v) is 7.46. The highest BCUT2D eigenvalue weighted by Gasteiger charge is 2.18. The lowest BCUT2D eigenvalue weighted by Crippen LogP contribution is -2.80. The molecule has 4 N–H and O–H groups in total. The molecule has 2 aromatic carbocycles. The van der Waals surface area contributed by atoms with Crippen molar-refractivity contribution in [3.8, 4) is 0 Å². The Kier molecular flexibility index (Phi) is 10.2. The monoisotopic (exact) mass is 517 g/mol. The Balaban J connectivity index is 2.04. The van der Waals surface area contributed by atoms with E-state index in [0.717, 1.165) is 14.1 Å². The molecule has 0 fully saturated rings. The number of nitrogens with two attached hydrogens (primary N) is 1. The van der Waals surface area contributed by atoms with Crippen LogP contribution in [0.15, 0.2) is 53.0 Å². The first kappa shape index (κ1) is 24.3. The summed E-state index contributed by atoms with van der Waals surface area (Å²) >= 11 is 10.1. The van der Waals surface area contributed by atoms with Gasteiger partial charge in [0.25, 0.3) is 16.1 Å². The zero-order valence-electron chi connectivity index (χ0n) is 14.8. The first-order chi connectivity index (χ1) is 14.4. The van der Waals surface area contributed by atoms with Crippen LogP contribution in [0.2, 0.25) is 0 Å². The largest absolute Gasteiger partial charge is 0.439 e. The molecular formula is C14H13N6O4P4S2+3. The fourth-order valence-corrected chi connectivity index (χ4v) is 6.03. The summed E-state index contributed by atoms with van der Waals surface area (Å²) in [4.78, 5) is 20.9. The molecule has 2 aromatic rings. The quantitative estimate of drug-likeness (QED) is 0.106. The lowest BCUT2D eigenvalue weighted by atomic mass is 10.3. The van der Waals surface area contributed by atoms with Crippen LogP contribution in [0.4, 0.5) is 22.7 Å². The number of hydrogen-bond donors (Lipinski definition) is 3. The second-order valence-corrected chi connectivity index (χ2v) is 10.7. The lowest BCUT2D eigenvalue weighted by Gasteiger charge is -1.99. The van der Waals surface area contributed by atoms with Gasteiger partial charge in [0, 0.05) is 42.1 Å². The van der Waals surface area contributed by atoms with Gasteiger partial charge in [-0.3, -0.25) is 15.4 Å². The Morgan fingerprint density at radius 1 is 1.17 bits per heavy atom. The van der Waals surface area contributed by atoms with Gasteiger partial charge in [-0.15, -0.1) is 0 Å². The van der Waals surface area contributed by atoms with Crippen molar-refractivity contribution in [1.29, 1.82) is 0 Å². The van der Waals surface area contributed by atoms with Crippen LogP contribution in [0.25, 0.3) is 0 Å². The van der Waals surface area contributed by atoms with Gasteiger partial charge in [-0.25, -0.2) is 5.21 Å². The molecule has 0 aromatic heterocycles. The fraction of sp³-hybridized carbons (Fsp3) is 0.0714. The van der Waals surface area contributed by atoms with Gasteiger partial charge in [0.05, 0.1) is 18.2 Å². The predicted molar refractivity (Wildman–Crippen MR) is 126 cm³/mol. The van der Waals surface area contributed by atoms with Gasteiger partial charge in [0.2, 0.25) is 4.73 Å². The minimum atomic E-state index is -0.445. The van der Waals surface area contributed by atoms with E-state index in [2.05, 4.69) is 14.0 Å². The number of nitro groups is 1. The standard InChI is InChI=1S/C14H11N6O4P4S2/c21-19(22)11-5-1-9(2-6-11)15-13(26-18-28-30)25-17-27-14(29)16-10-3-7-12(8-4-10)20(23)24/h1-8,13,15H,(H-,16,23,24,29)/q+1/p+2. The molecule has 0 bridgehead atoms. The normalized spacial score (nSPS) is 12.0. The molecule has 1 unspecified atom stereocenters. The van der Waals surface area contributed by atoms with Gasteiger partial charge in [-0.2, -0.15) is 4.52 Å². The van der Waals surface area contributed by atoms with E-state index in [4.69, 9.17) is 29.2 Å². The van der Waals surface area contributed by atoms with Crippen molar-refractivity contribution in [2.24, 2.45) is 4.52 Å². The van der Waals surface area contributed by atoms with Crippen molar-refractivity contribution in [3.63, 3.8) is 0 Å². The summed E-state index contributed by atoms with van der Waals surface area (Å²) in [5, 5.41) is 24.5. The van der Waals surface area contributed by atoms with Crippen LogP contribution in [-0.2, 0) is 11.8 Å². The third kappa shape index (κ3) is 8.41. The molecule has 152 valence electrons. The lowest BCUT2D eigenvalue weighted by molar-refractivity contribution is -0.729. The number of non-ortho nitro benzene ring substituents is 1. The molecule has 2 rings (SSSR count). The minimum Gasteiger partial charge on any atom is -0.337 e. The highest BCUT2D eigenvalue weighted by atomic mass is 32.4. The number of rotatable bonds is 9. The van der Waals surface area contributed by atoms with Gasteiger partial charge in [-0.05, 0) is 36.2 Å². The number of nitro benzene ring substituents is 1. The van der Waals surface area contributed by atoms with Crippen LogP contribution in [-0.4, -0.2) is 25.3 Å². The van der Waals surface area contributed by atoms with Gasteiger partial charge in [0.1, 0.15) is 13.2 Å². The molecule has 0 heterocycles. The number of anilines is 1. The number of benzene rings is 2. The molecule has 0 spiro atoms. The number of nitrogens with zero attached hydrogens (tertiary/aromatic N) is 4. The van der Waals surface area contributed by atoms with Crippen molar-refractivity contribution in [1.82, 2.24) is 4.17 Å². The Morgan fingerprint density at radius 3 is 2.37 bits per heavy atom. The van der Waals surface area contributed by atoms with Crippen LogP contribution in [0.1, 0.15) is 0 Å². The van der Waals surface area contributed by atoms with Crippen molar-refractivity contribution in [2.45, 2.75) is 5.52 Å². The Labute approximate surface area is 187 Å². The van der Waals surface area contributed by atoms with Crippen molar-refractivity contribution in [2.75, 3.05) is 5.32 Å². The summed E-state index contributed by atoms with van der Waals surface area (Å²) in [6.07, 6.45) is 0. The van der Waals surface area contributed by atoms with Crippen molar-refractivity contribution >= 4 is 84.1 Å². The van der Waals surface area contributed by atoms with E-state index in [-0.39, 0.29) is 21.8 Å². The molecule has 0 saturated carbocycles. The third-order valence-electron chi connectivity index (χ3n) is 3.30. The maximum absolute atomic E-state index is 10.8. The number of hydrogen-bond acceptors (Lipinski definition) is 5. The van der Waals surface area contributed by atoms with E-state index in [1.165, 1.54) is 24.3 Å². The minimum absolute atomic E-state index is 0.0298. The van der Waals surface area contributed by atoms with Gasteiger partial charge in [0.15, 0.2) is 0 Å². The highest BCUT2D eigenvalue weighted by molar-refractivity contribution is 7.96. The predicted octanol–water partition coefficient (Wildman–Crippen LogP) is 5.05. The van der Waals surface area contributed by atoms with Crippen LogP contribution in [0.5, 0.6) is 0 Å². The van der Waals surface area contributed by atoms with E-state index >= 15 is 0 Å². The summed E-state index contributed by atoms with van der Waals surface area (Å²) in [7, 11) is 2.49. The van der Waals surface area contributed by atoms with E-state index in [1.807, 2.05) is 5.32 Å². The van der Waals surface area contributed by atoms with E-state index in [9.17, 15) is 15.0 Å². The number of thiocarbonyl (C=S) groups is 1. The van der Waals surface area contributed by atoms with Crippen LogP contribution in [0, 0.1) is 15.0 Å². The zero-order chi connectivity index (χ0) is 21.9. The topological polar surface area (TPSA) is 139 Å². The van der Waals surface area contributed by atoms with Gasteiger partial charge < -0.3 is 5.32 Å². The average molecular weight is 517 g/mol. The van der Waals surface area contributed by atoms with Crippen LogP contribution >= 0.6 is 44.8 Å². The van der Waals surface area contributed by atoms with Gasteiger partial charge >= 0.3 is 22.4 Å². The maximum atomic E-state index is 10.8. The van der Waals surface area contributed by atoms with E-state index < -0.39 is 4.92 Å². The summed E-state index contributed by atoms with van der Waals surface area (Å²) in [5.74, 6) is 0. The molecule has 0 aliphatic heterocycles. The molecule has 30 heavy (non-hydrogen) atoms. The molecule has 0 aliphatic carbocycles. The van der Waals surface area contributed by atoms with Crippen molar-refractivity contribution in [3.05, 3.63) is 63.6 Å². The van der Waals surface area contributed by atoms with Crippen molar-refractivity contribution < 1.29 is 20.4 Å². The fourth-order valence-electron chi connectivity index (χ4n) is 1.98. The second-order valence-electron chi connectivity index (χ2n) is 5.27. The molecule has 10 nitrogen and oxygen atoms in total. The maximum Gasteiger partial charge on any atom is 0.439 e. The SMILES string of the molecule is O=[N+]([O-])c1ccc([NH2+]C(P=NP=S)P=[N+]=PC(=S)Nc2ccc([N+](=O)O)cc2)cc1. The second kappa shape index (κ2) is 12.7. The van der Waals surface area contributed by atoms with E-state index in [0.29, 0.717) is 34.7 Å². The first-order valence-electron chi connectivity index (χ1n) is 7.89. The number of quaternary nitrogens is 1. The summed E-state index contributed by atoms with van der Waals surface area (Å²) in [6, 6.07) is 12.4. The number of nitrogens with one attached hydrogen (secondary N) is 1. The molecule has 0 aliphatic rings. The van der Waals surface area contributed by atoms with Gasteiger partial charge in [-0.1, -0.05) is 4.17 Å². The van der Waals surface area contributed by atoms with E-state index in [1.54, 1.807) is 24.3 Å². The zero-order valence-corrected chi connectivity index (χ0v) is 20.1. The molecule has 0 amide bonds. The molecule has 1 atom stereocenters. The smallest absolute Gasteiger partial charge is 0.337 e. The highest BCUT2D eigenvalue weighted by Crippen LogP contribution is 2.22. The Hall–Kier alpha value is -1.98. The first-order valence-corrected chi connectivity index (χ1v) is 12.8.